The van der Waals surface area contributed by atoms with Gasteiger partial charge in [-0.1, -0.05) is 0 Å². The average Bonchev–Trinajstić information content (AvgIpc) is 3.45. The lowest BCUT2D eigenvalue weighted by Gasteiger charge is -2.28. The highest BCUT2D eigenvalue weighted by Crippen LogP contribution is 2.35. The van der Waals surface area contributed by atoms with Crippen LogP contribution < -0.4 is 20.3 Å². The van der Waals surface area contributed by atoms with Crippen LogP contribution in [0.4, 0.5) is 10.1 Å². The van der Waals surface area contributed by atoms with Crippen molar-refractivity contribution in [1.29, 1.82) is 0 Å². The third kappa shape index (κ3) is 4.39. The van der Waals surface area contributed by atoms with Gasteiger partial charge < -0.3 is 29.4 Å². The smallest absolute Gasteiger partial charge is 0.253 e. The molecule has 166 valence electrons. The number of halogens is 1. The zero-order valence-electron chi connectivity index (χ0n) is 17.2. The molecule has 1 fully saturated rings. The molecule has 3 aromatic rings. The fraction of sp³-hybridized carbons (Fsp3) is 0.304. The molecule has 9 heteroatoms. The van der Waals surface area contributed by atoms with Gasteiger partial charge in [0.05, 0.1) is 18.2 Å². The number of aromatic nitrogens is 1. The minimum Gasteiger partial charge on any atom is -0.454 e. The minimum atomic E-state index is -0.318. The first-order chi connectivity index (χ1) is 15.5. The van der Waals surface area contributed by atoms with Gasteiger partial charge in [0.1, 0.15) is 5.82 Å². The van der Waals surface area contributed by atoms with Gasteiger partial charge in [-0.3, -0.25) is 4.79 Å². The molecule has 32 heavy (non-hydrogen) atoms. The van der Waals surface area contributed by atoms with Crippen molar-refractivity contribution in [1.82, 2.24) is 9.88 Å². The van der Waals surface area contributed by atoms with Crippen molar-refractivity contribution in [3.63, 3.8) is 0 Å². The van der Waals surface area contributed by atoms with Crippen molar-refractivity contribution in [3.05, 3.63) is 64.2 Å². The molecule has 2 N–H and O–H groups in total. The van der Waals surface area contributed by atoms with E-state index in [0.717, 1.165) is 24.8 Å². The Morgan fingerprint density at radius 3 is 2.72 bits per heavy atom. The Bertz CT molecular complexity index is 1210. The fourth-order valence-corrected chi connectivity index (χ4v) is 4.21. The predicted octanol–water partition coefficient (Wildman–Crippen LogP) is 3.77. The quantitative estimate of drug-likeness (QED) is 0.567. The number of anilines is 1. The van der Waals surface area contributed by atoms with Gasteiger partial charge in [0, 0.05) is 35.9 Å². The Balaban J connectivity index is 1.42. The topological polar surface area (TPSA) is 75.8 Å². The molecule has 0 aliphatic carbocycles. The molecule has 0 amide bonds. The van der Waals surface area contributed by atoms with Gasteiger partial charge >= 0.3 is 0 Å². The third-order valence-corrected chi connectivity index (χ3v) is 5.97. The molecule has 7 nitrogen and oxygen atoms in total. The van der Waals surface area contributed by atoms with Crippen LogP contribution in [0.25, 0.3) is 10.9 Å². The Labute approximate surface area is 189 Å². The van der Waals surface area contributed by atoms with Gasteiger partial charge in [-0.2, -0.15) is 0 Å². The second-order valence-corrected chi connectivity index (χ2v) is 8.26. The Hall–Kier alpha value is -3.17. The summed E-state index contributed by atoms with van der Waals surface area (Å²) < 4.78 is 29.9. The van der Waals surface area contributed by atoms with Crippen LogP contribution in [0.15, 0.2) is 47.3 Å². The van der Waals surface area contributed by atoms with E-state index in [0.29, 0.717) is 46.5 Å². The van der Waals surface area contributed by atoms with E-state index < -0.39 is 0 Å². The molecule has 3 heterocycles. The van der Waals surface area contributed by atoms with Gasteiger partial charge in [-0.25, -0.2) is 4.39 Å². The lowest BCUT2D eigenvalue weighted by atomic mass is 10.1. The maximum absolute atomic E-state index is 13.3. The number of ether oxygens (including phenoxy) is 3. The summed E-state index contributed by atoms with van der Waals surface area (Å²) in [5.74, 6) is 0.951. The lowest BCUT2D eigenvalue weighted by Crippen LogP contribution is -2.40. The molecule has 2 aromatic carbocycles. The average molecular weight is 456 g/mol. The molecule has 1 unspecified atom stereocenters. The van der Waals surface area contributed by atoms with Crippen molar-refractivity contribution >= 4 is 33.9 Å². The van der Waals surface area contributed by atoms with E-state index in [9.17, 15) is 9.18 Å². The molecule has 5 rings (SSSR count). The van der Waals surface area contributed by atoms with E-state index in [1.165, 1.54) is 12.1 Å². The highest BCUT2D eigenvalue weighted by Gasteiger charge is 2.23. The summed E-state index contributed by atoms with van der Waals surface area (Å²) in [7, 11) is 0. The molecule has 0 radical (unpaired) electrons. The maximum atomic E-state index is 13.3. The molecular weight excluding hydrogens is 433 g/mol. The second kappa shape index (κ2) is 8.76. The van der Waals surface area contributed by atoms with E-state index in [1.807, 2.05) is 17.0 Å². The number of nitrogens with one attached hydrogen (secondary N) is 2. The second-order valence-electron chi connectivity index (χ2n) is 7.87. The van der Waals surface area contributed by atoms with E-state index in [2.05, 4.69) is 10.3 Å². The highest BCUT2D eigenvalue weighted by atomic mass is 32.1. The van der Waals surface area contributed by atoms with Crippen LogP contribution in [0.3, 0.4) is 0 Å². The summed E-state index contributed by atoms with van der Waals surface area (Å²) in [6, 6.07) is 11.5. The minimum absolute atomic E-state index is 0.0383. The number of hydrogen-bond donors (Lipinski definition) is 2. The van der Waals surface area contributed by atoms with E-state index >= 15 is 0 Å². The van der Waals surface area contributed by atoms with Gasteiger partial charge in [-0.05, 0) is 61.5 Å². The Kier molecular flexibility index (Phi) is 5.67. The van der Waals surface area contributed by atoms with Crippen LogP contribution >= 0.6 is 12.2 Å². The van der Waals surface area contributed by atoms with Crippen molar-refractivity contribution < 1.29 is 18.6 Å². The first-order valence-electron chi connectivity index (χ1n) is 10.4. The number of hydrogen-bond acceptors (Lipinski definition) is 5. The van der Waals surface area contributed by atoms with Crippen molar-refractivity contribution in [2.45, 2.75) is 25.5 Å². The molecule has 1 aromatic heterocycles. The van der Waals surface area contributed by atoms with Crippen LogP contribution in [0.2, 0.25) is 0 Å². The molecular formula is C23H22FN3O4S. The summed E-state index contributed by atoms with van der Waals surface area (Å²) in [5, 5.41) is 4.43. The SMILES string of the molecule is O=c1[nH]c2cc3c(cc2cc1CN(CC1CCCO1)C(=S)Nc1ccc(F)cc1)OCO3. The molecule has 0 spiro atoms. The number of rotatable bonds is 5. The number of H-pyrrole nitrogens is 1. The first kappa shape index (κ1) is 20.7. The molecule has 1 atom stereocenters. The molecule has 0 saturated carbocycles. The number of aromatic amines is 1. The van der Waals surface area contributed by atoms with Crippen molar-refractivity contribution in [2.24, 2.45) is 0 Å². The predicted molar refractivity (Wildman–Crippen MR) is 123 cm³/mol. The summed E-state index contributed by atoms with van der Waals surface area (Å²) >= 11 is 5.64. The molecule has 2 aliphatic heterocycles. The van der Waals surface area contributed by atoms with E-state index in [1.54, 1.807) is 18.2 Å². The number of nitrogens with zero attached hydrogens (tertiary/aromatic N) is 1. The van der Waals surface area contributed by atoms with E-state index in [-0.39, 0.29) is 24.3 Å². The molecule has 0 bridgehead atoms. The maximum Gasteiger partial charge on any atom is 0.253 e. The summed E-state index contributed by atoms with van der Waals surface area (Å²) in [5.41, 5.74) is 1.73. The zero-order valence-corrected chi connectivity index (χ0v) is 18.0. The Morgan fingerprint density at radius 1 is 1.19 bits per heavy atom. The van der Waals surface area contributed by atoms with Gasteiger partial charge in [-0.15, -0.1) is 0 Å². The summed E-state index contributed by atoms with van der Waals surface area (Å²) in [6.45, 7) is 1.74. The fourth-order valence-electron chi connectivity index (χ4n) is 3.95. The summed E-state index contributed by atoms with van der Waals surface area (Å²) in [4.78, 5) is 17.7. The normalized spacial score (nSPS) is 17.0. The van der Waals surface area contributed by atoms with Crippen LogP contribution in [0.5, 0.6) is 11.5 Å². The van der Waals surface area contributed by atoms with Crippen LogP contribution in [-0.2, 0) is 11.3 Å². The van der Waals surface area contributed by atoms with Gasteiger partial charge in [0.2, 0.25) is 6.79 Å². The largest absolute Gasteiger partial charge is 0.454 e. The van der Waals surface area contributed by atoms with Crippen LogP contribution in [0.1, 0.15) is 18.4 Å². The lowest BCUT2D eigenvalue weighted by molar-refractivity contribution is 0.0904. The zero-order chi connectivity index (χ0) is 22.1. The van der Waals surface area contributed by atoms with E-state index in [4.69, 9.17) is 26.4 Å². The van der Waals surface area contributed by atoms with Crippen molar-refractivity contribution in [2.75, 3.05) is 25.3 Å². The number of benzene rings is 2. The molecule has 1 saturated heterocycles. The third-order valence-electron chi connectivity index (χ3n) is 5.61. The molecule has 2 aliphatic rings. The van der Waals surface area contributed by atoms with Gasteiger partial charge in [0.15, 0.2) is 16.6 Å². The summed E-state index contributed by atoms with van der Waals surface area (Å²) in [6.07, 6.45) is 1.98. The van der Waals surface area contributed by atoms with Crippen molar-refractivity contribution in [3.8, 4) is 11.5 Å². The standard InChI is InChI=1S/C23H22FN3O4S/c24-16-3-5-17(6-4-16)25-23(32)27(12-18-2-1-7-29-18)11-15-8-14-9-20-21(31-13-30-20)10-19(14)26-22(15)28/h3-6,8-10,18H,1-2,7,11-13H2,(H,25,32)(H,26,28). The van der Waals surface area contributed by atoms with Crippen LogP contribution in [-0.4, -0.2) is 41.0 Å². The van der Waals surface area contributed by atoms with Crippen LogP contribution in [0, 0.1) is 5.82 Å². The number of fused-ring (bicyclic) bond motifs is 2. The monoisotopic (exact) mass is 455 g/mol. The van der Waals surface area contributed by atoms with Gasteiger partial charge in [0.25, 0.3) is 5.56 Å². The highest BCUT2D eigenvalue weighted by molar-refractivity contribution is 7.80. The first-order valence-corrected chi connectivity index (χ1v) is 10.8. The number of thiocarbonyl (C=S) groups is 1. The number of pyridine rings is 1. The Morgan fingerprint density at radius 2 is 1.97 bits per heavy atom.